The van der Waals surface area contributed by atoms with Crippen LogP contribution in [-0.4, -0.2) is 73.9 Å². The van der Waals surface area contributed by atoms with E-state index in [-0.39, 0.29) is 33.8 Å². The number of carbonyl (C=O) groups excluding carboxylic acids is 1. The summed E-state index contributed by atoms with van der Waals surface area (Å²) in [5.74, 6) is -2.66. The summed E-state index contributed by atoms with van der Waals surface area (Å²) in [6.07, 6.45) is -8.03. The number of aromatic hydroxyl groups is 3. The predicted molar refractivity (Wildman–Crippen MR) is 117 cm³/mol. The molecule has 12 heteroatoms. The number of aliphatic hydroxyl groups is 3. The molecule has 2 heterocycles. The molecule has 0 aliphatic carbocycles. The lowest BCUT2D eigenvalue weighted by Crippen LogP contribution is -2.61. The minimum atomic E-state index is -1.75. The van der Waals surface area contributed by atoms with Crippen molar-refractivity contribution in [1.82, 2.24) is 0 Å². The fourth-order valence-electron chi connectivity index (χ4n) is 3.76. The minimum Gasteiger partial charge on any atom is -0.508 e. The van der Waals surface area contributed by atoms with Gasteiger partial charge in [0.1, 0.15) is 46.5 Å². The largest absolute Gasteiger partial charge is 0.508 e. The first-order valence-electron chi connectivity index (χ1n) is 10.4. The van der Waals surface area contributed by atoms with Crippen LogP contribution >= 0.6 is 0 Å². The normalized spacial score (nSPS) is 24.3. The second-order valence-corrected chi connectivity index (χ2v) is 7.87. The van der Waals surface area contributed by atoms with Crippen LogP contribution < -0.4 is 10.2 Å². The lowest BCUT2D eigenvalue weighted by atomic mass is 9.99. The van der Waals surface area contributed by atoms with Crippen molar-refractivity contribution in [3.05, 3.63) is 46.6 Å². The molecule has 0 spiro atoms. The molecule has 0 saturated carbocycles. The van der Waals surface area contributed by atoms with Crippen molar-refractivity contribution in [3.63, 3.8) is 0 Å². The Labute approximate surface area is 196 Å². The van der Waals surface area contributed by atoms with Crippen molar-refractivity contribution in [1.29, 1.82) is 0 Å². The summed E-state index contributed by atoms with van der Waals surface area (Å²) < 4.78 is 22.0. The Morgan fingerprint density at radius 2 is 1.71 bits per heavy atom. The smallest absolute Gasteiger partial charge is 0.303 e. The van der Waals surface area contributed by atoms with Gasteiger partial charge < -0.3 is 49.3 Å². The number of ether oxygens (including phenoxy) is 3. The van der Waals surface area contributed by atoms with E-state index in [1.54, 1.807) is 0 Å². The number of carbonyl (C=O) groups is 1. The van der Waals surface area contributed by atoms with E-state index in [1.807, 2.05) is 0 Å². The molecule has 1 aliphatic heterocycles. The summed E-state index contributed by atoms with van der Waals surface area (Å²) in [5.41, 5.74) is -0.857. The second-order valence-electron chi connectivity index (χ2n) is 7.87. The lowest BCUT2D eigenvalue weighted by molar-refractivity contribution is -0.282. The van der Waals surface area contributed by atoms with E-state index in [0.29, 0.717) is 0 Å². The van der Waals surface area contributed by atoms with E-state index >= 15 is 0 Å². The molecule has 4 rings (SSSR count). The van der Waals surface area contributed by atoms with Crippen LogP contribution in [0.2, 0.25) is 0 Å². The zero-order valence-corrected chi connectivity index (χ0v) is 18.2. The number of aliphatic hydroxyl groups excluding tert-OH is 3. The molecule has 1 saturated heterocycles. The van der Waals surface area contributed by atoms with Gasteiger partial charge in [0.05, 0.1) is 6.61 Å². The Balaban J connectivity index is 1.90. The van der Waals surface area contributed by atoms with E-state index in [2.05, 4.69) is 0 Å². The highest BCUT2D eigenvalue weighted by molar-refractivity contribution is 5.88. The average Bonchev–Trinajstić information content (AvgIpc) is 2.79. The zero-order chi connectivity index (χ0) is 25.4. The van der Waals surface area contributed by atoms with Gasteiger partial charge in [0.2, 0.25) is 17.5 Å². The molecule has 0 unspecified atom stereocenters. The zero-order valence-electron chi connectivity index (χ0n) is 18.2. The van der Waals surface area contributed by atoms with Gasteiger partial charge in [-0.1, -0.05) is 0 Å². The van der Waals surface area contributed by atoms with Crippen LogP contribution in [0.4, 0.5) is 0 Å². The second kappa shape index (κ2) is 9.43. The van der Waals surface area contributed by atoms with E-state index in [0.717, 1.165) is 19.1 Å². The van der Waals surface area contributed by atoms with E-state index in [1.165, 1.54) is 24.3 Å². The summed E-state index contributed by atoms with van der Waals surface area (Å²) >= 11 is 0. The Morgan fingerprint density at radius 1 is 1.03 bits per heavy atom. The van der Waals surface area contributed by atoms with E-state index in [9.17, 15) is 40.2 Å². The molecule has 0 bridgehead atoms. The van der Waals surface area contributed by atoms with Crippen LogP contribution in [0.25, 0.3) is 22.3 Å². The van der Waals surface area contributed by atoms with Crippen molar-refractivity contribution in [2.24, 2.45) is 0 Å². The van der Waals surface area contributed by atoms with Crippen molar-refractivity contribution in [3.8, 4) is 34.3 Å². The summed E-state index contributed by atoms with van der Waals surface area (Å²) in [7, 11) is 0. The summed E-state index contributed by atoms with van der Waals surface area (Å²) in [6.45, 7) is 0.313. The van der Waals surface area contributed by atoms with E-state index < -0.39 is 60.2 Å². The topological polar surface area (TPSA) is 196 Å². The number of phenolic OH excluding ortho intramolecular Hbond substituents is 3. The van der Waals surface area contributed by atoms with Crippen molar-refractivity contribution >= 4 is 16.9 Å². The number of phenols is 3. The first-order valence-corrected chi connectivity index (χ1v) is 10.4. The molecule has 3 aromatic rings. The van der Waals surface area contributed by atoms with Gasteiger partial charge in [0.25, 0.3) is 0 Å². The molecule has 1 fully saturated rings. The Hall–Kier alpha value is -3.84. The molecular weight excluding hydrogens is 468 g/mol. The highest BCUT2D eigenvalue weighted by Crippen LogP contribution is 2.37. The highest BCUT2D eigenvalue weighted by atomic mass is 16.7. The quantitative estimate of drug-likeness (QED) is 0.268. The van der Waals surface area contributed by atoms with Gasteiger partial charge in [-0.2, -0.15) is 0 Å². The molecule has 5 atom stereocenters. The predicted octanol–water partition coefficient (Wildman–Crippen LogP) is 0.326. The van der Waals surface area contributed by atoms with Crippen LogP contribution in [0.3, 0.4) is 0 Å². The summed E-state index contributed by atoms with van der Waals surface area (Å²) in [5, 5.41) is 59.6. The lowest BCUT2D eigenvalue weighted by Gasteiger charge is -2.41. The maximum atomic E-state index is 13.4. The third kappa shape index (κ3) is 4.59. The van der Waals surface area contributed by atoms with Crippen molar-refractivity contribution in [2.45, 2.75) is 37.6 Å². The third-order valence-electron chi connectivity index (χ3n) is 5.41. The maximum absolute atomic E-state index is 13.4. The number of rotatable bonds is 5. The van der Waals surface area contributed by atoms with Gasteiger partial charge in [-0.05, 0) is 24.3 Å². The molecule has 1 aromatic heterocycles. The Kier molecular flexibility index (Phi) is 6.54. The van der Waals surface area contributed by atoms with Crippen LogP contribution in [0.5, 0.6) is 23.0 Å². The number of hydrogen-bond acceptors (Lipinski definition) is 12. The molecular formula is C23H22O12. The first kappa shape index (κ1) is 24.3. The van der Waals surface area contributed by atoms with Gasteiger partial charge in [0, 0.05) is 24.6 Å². The maximum Gasteiger partial charge on any atom is 0.303 e. The van der Waals surface area contributed by atoms with Crippen LogP contribution in [0.1, 0.15) is 6.92 Å². The molecule has 0 amide bonds. The fourth-order valence-corrected chi connectivity index (χ4v) is 3.76. The van der Waals surface area contributed by atoms with Gasteiger partial charge in [-0.15, -0.1) is 0 Å². The molecule has 0 radical (unpaired) electrons. The Morgan fingerprint density at radius 3 is 2.34 bits per heavy atom. The highest BCUT2D eigenvalue weighted by Gasteiger charge is 2.48. The molecule has 35 heavy (non-hydrogen) atoms. The van der Waals surface area contributed by atoms with Gasteiger partial charge >= 0.3 is 5.97 Å². The SMILES string of the molecule is CC(=O)O[C@H]1[C@@H](Oc2c(-c3ccc(O)cc3)oc3cc(O)cc(O)c3c2=O)O[C@@H](CO)[C@@H](O)[C@@H]1O. The number of fused-ring (bicyclic) bond motifs is 1. The minimum absolute atomic E-state index is 0.0805. The fraction of sp³-hybridized carbons (Fsp3) is 0.304. The van der Waals surface area contributed by atoms with Gasteiger partial charge in [-0.25, -0.2) is 0 Å². The van der Waals surface area contributed by atoms with Crippen molar-refractivity contribution in [2.75, 3.05) is 6.61 Å². The molecule has 1 aliphatic rings. The van der Waals surface area contributed by atoms with Crippen molar-refractivity contribution < 1.29 is 54.1 Å². The number of hydrogen-bond donors (Lipinski definition) is 6. The molecule has 186 valence electrons. The standard InChI is InChI=1S/C23H22O12/c1-9(25)32-22-19(31)17(29)15(8-24)34-23(22)35-21-18(30)16-13(28)6-12(27)7-14(16)33-20(21)10-2-4-11(26)5-3-10/h2-7,15,17,19,22-24,26-29,31H,8H2,1H3/t15-,17+,19-,22+,23+/m0/s1. The molecule has 6 N–H and O–H groups in total. The number of esters is 1. The first-order chi connectivity index (χ1) is 16.6. The van der Waals surface area contributed by atoms with Gasteiger partial charge in [0.15, 0.2) is 11.9 Å². The summed E-state index contributed by atoms with van der Waals surface area (Å²) in [6, 6.07) is 7.44. The molecule has 2 aromatic carbocycles. The number of benzene rings is 2. The monoisotopic (exact) mass is 490 g/mol. The Bertz CT molecular complexity index is 1300. The third-order valence-corrected chi connectivity index (χ3v) is 5.41. The summed E-state index contributed by atoms with van der Waals surface area (Å²) in [4.78, 5) is 25.0. The van der Waals surface area contributed by atoms with E-state index in [4.69, 9.17) is 18.6 Å². The van der Waals surface area contributed by atoms with Crippen LogP contribution in [0.15, 0.2) is 45.6 Å². The average molecular weight is 490 g/mol. The van der Waals surface area contributed by atoms with Crippen LogP contribution in [-0.2, 0) is 14.3 Å². The van der Waals surface area contributed by atoms with Gasteiger partial charge in [-0.3, -0.25) is 9.59 Å². The van der Waals surface area contributed by atoms with Crippen LogP contribution in [0, 0.1) is 0 Å². The molecule has 12 nitrogen and oxygen atoms in total.